The molecule has 0 spiro atoms. The minimum Gasteiger partial charge on any atom is -0.344 e. The molecule has 1 aliphatic carbocycles. The van der Waals surface area contributed by atoms with Gasteiger partial charge in [-0.1, -0.05) is 121 Å². The van der Waals surface area contributed by atoms with E-state index in [0.29, 0.717) is 0 Å². The quantitative estimate of drug-likeness (QED) is 0.178. The summed E-state index contributed by atoms with van der Waals surface area (Å²) < 4.78 is 7.18. The maximum atomic E-state index is 2.45. The number of hydrogen-bond acceptors (Lipinski definition) is 0. The van der Waals surface area contributed by atoms with E-state index in [4.69, 9.17) is 0 Å². The Kier molecular flexibility index (Phi) is 7.17. The molecule has 0 N–H and O–H groups in total. The largest absolute Gasteiger partial charge is 0.344 e. The number of nitrogens with zero attached hydrogens (tertiary/aromatic N) is 3. The molecule has 0 atom stereocenters. The van der Waals surface area contributed by atoms with Crippen molar-refractivity contribution in [2.45, 2.75) is 12.8 Å². The van der Waals surface area contributed by atoms with Crippen LogP contribution in [-0.2, 0) is 7.05 Å². The first-order valence-electron chi connectivity index (χ1n) is 18.2. The maximum absolute atomic E-state index is 2.45. The number of benzene rings is 7. The molecular weight excluding hydrogens is 631 g/mol. The minimum atomic E-state index is 1.16. The number of hydrogen-bond donors (Lipinski definition) is 0. The van der Waals surface area contributed by atoms with E-state index in [-0.39, 0.29) is 0 Å². The van der Waals surface area contributed by atoms with Crippen LogP contribution < -0.4 is 0 Å². The van der Waals surface area contributed by atoms with E-state index >= 15 is 0 Å². The van der Waals surface area contributed by atoms with E-state index in [1.54, 1.807) is 0 Å². The highest BCUT2D eigenvalue weighted by Gasteiger charge is 2.19. The van der Waals surface area contributed by atoms with Gasteiger partial charge in [-0.2, -0.15) is 0 Å². The van der Waals surface area contributed by atoms with E-state index < -0.39 is 0 Å². The van der Waals surface area contributed by atoms with Crippen LogP contribution >= 0.6 is 0 Å². The summed E-state index contributed by atoms with van der Waals surface area (Å²) in [6, 6.07) is 57.6. The third-order valence-corrected chi connectivity index (χ3v) is 10.7. The topological polar surface area (TPSA) is 14.8 Å². The number of fused-ring (bicyclic) bond motifs is 9. The van der Waals surface area contributed by atoms with E-state index in [2.05, 4.69) is 203 Å². The molecule has 0 saturated heterocycles. The van der Waals surface area contributed by atoms with Crippen molar-refractivity contribution in [1.82, 2.24) is 13.7 Å². The lowest BCUT2D eigenvalue weighted by Gasteiger charge is -2.12. The van der Waals surface area contributed by atoms with Crippen molar-refractivity contribution in [2.24, 2.45) is 7.05 Å². The zero-order valence-corrected chi connectivity index (χ0v) is 29.1. The molecule has 0 amide bonds. The molecule has 3 heteroatoms. The van der Waals surface area contributed by atoms with Crippen LogP contribution in [0.3, 0.4) is 0 Å². The summed E-state index contributed by atoms with van der Waals surface area (Å²) in [5, 5.41) is 7.64. The summed E-state index contributed by atoms with van der Waals surface area (Å²) in [4.78, 5) is 0. The first kappa shape index (κ1) is 30.3. The first-order chi connectivity index (χ1) is 25.7. The molecule has 52 heavy (non-hydrogen) atoms. The van der Waals surface area contributed by atoms with Gasteiger partial charge in [0.05, 0.1) is 27.6 Å². The van der Waals surface area contributed by atoms with Crippen LogP contribution in [0.4, 0.5) is 0 Å². The molecule has 0 aliphatic heterocycles. The van der Waals surface area contributed by atoms with Crippen LogP contribution in [0.25, 0.3) is 87.9 Å². The lowest BCUT2D eigenvalue weighted by Crippen LogP contribution is -1.96. The highest BCUT2D eigenvalue weighted by Crippen LogP contribution is 2.40. The third-order valence-electron chi connectivity index (χ3n) is 10.7. The van der Waals surface area contributed by atoms with Crippen molar-refractivity contribution in [3.8, 4) is 22.5 Å². The van der Waals surface area contributed by atoms with Gasteiger partial charge in [-0.3, -0.25) is 0 Å². The molecule has 0 radical (unpaired) electrons. The molecule has 7 aromatic carbocycles. The van der Waals surface area contributed by atoms with Gasteiger partial charge in [0.25, 0.3) is 0 Å². The normalized spacial score (nSPS) is 12.8. The standard InChI is InChI=1S/C43H29N3.C6H8/c1-44-38-19-8-5-16-32(38)36-26-37-34-18-7-10-21-40(34)46(43(37)27-42(36)44)31-22-23-41-35(25-31)33-17-6-9-20-39(33)45(41)30-15-11-14-29(24-30)28-12-3-2-4-13-28;1-2-4-6-5-3-1/h2-27H,1H3;1-4H,5-6H2. The van der Waals surface area contributed by atoms with E-state index in [0.717, 1.165) is 11.4 Å². The van der Waals surface area contributed by atoms with Crippen molar-refractivity contribution in [3.63, 3.8) is 0 Å². The zero-order chi connectivity index (χ0) is 34.6. The highest BCUT2D eigenvalue weighted by molar-refractivity contribution is 6.19. The number of para-hydroxylation sites is 3. The molecule has 3 aromatic heterocycles. The average molecular weight is 668 g/mol. The van der Waals surface area contributed by atoms with Crippen LogP contribution in [0.2, 0.25) is 0 Å². The monoisotopic (exact) mass is 667 g/mol. The second-order valence-electron chi connectivity index (χ2n) is 13.7. The predicted octanol–water partition coefficient (Wildman–Crippen LogP) is 13.1. The molecule has 1 aliphatic rings. The van der Waals surface area contributed by atoms with Gasteiger partial charge in [-0.05, 0) is 84.6 Å². The Morgan fingerprint density at radius 2 is 0.865 bits per heavy atom. The van der Waals surface area contributed by atoms with Gasteiger partial charge in [0, 0.05) is 56.3 Å². The van der Waals surface area contributed by atoms with Gasteiger partial charge >= 0.3 is 0 Å². The summed E-state index contributed by atoms with van der Waals surface area (Å²) in [7, 11) is 2.18. The van der Waals surface area contributed by atoms with Crippen molar-refractivity contribution in [1.29, 1.82) is 0 Å². The Labute approximate surface area is 302 Å². The Morgan fingerprint density at radius 3 is 1.54 bits per heavy atom. The van der Waals surface area contributed by atoms with Gasteiger partial charge in [0.15, 0.2) is 0 Å². The highest BCUT2D eigenvalue weighted by atomic mass is 15.0. The average Bonchev–Trinajstić information content (AvgIpc) is 3.83. The van der Waals surface area contributed by atoms with Crippen molar-refractivity contribution in [2.75, 3.05) is 0 Å². The third kappa shape index (κ3) is 4.81. The SMILES string of the molecule is C1=CCCC=C1.Cn1c2ccccc2c2cc3c4ccccc4n(-c4ccc5c(c4)c4ccccc4n5-c4cccc(-c5ccccc5)c4)c3cc21. The fourth-order valence-corrected chi connectivity index (χ4v) is 8.27. The molecule has 0 fully saturated rings. The van der Waals surface area contributed by atoms with Gasteiger partial charge < -0.3 is 13.7 Å². The van der Waals surface area contributed by atoms with Crippen LogP contribution in [0, 0.1) is 0 Å². The second kappa shape index (κ2) is 12.3. The zero-order valence-electron chi connectivity index (χ0n) is 29.1. The number of allylic oxidation sites excluding steroid dienone is 4. The summed E-state index contributed by atoms with van der Waals surface area (Å²) in [5.74, 6) is 0. The number of rotatable bonds is 3. The lowest BCUT2D eigenvalue weighted by molar-refractivity contribution is 1.01. The van der Waals surface area contributed by atoms with Crippen LogP contribution in [-0.4, -0.2) is 13.7 Å². The van der Waals surface area contributed by atoms with Gasteiger partial charge in [0.2, 0.25) is 0 Å². The van der Waals surface area contributed by atoms with Crippen LogP contribution in [0.5, 0.6) is 0 Å². The Hall–Kier alpha value is -6.58. The van der Waals surface area contributed by atoms with E-state index in [9.17, 15) is 0 Å². The lowest BCUT2D eigenvalue weighted by atomic mass is 10.1. The minimum absolute atomic E-state index is 1.16. The first-order valence-corrected chi connectivity index (χ1v) is 18.2. The molecule has 0 bridgehead atoms. The van der Waals surface area contributed by atoms with Gasteiger partial charge in [-0.25, -0.2) is 0 Å². The van der Waals surface area contributed by atoms with E-state index in [1.807, 2.05) is 0 Å². The molecule has 3 heterocycles. The molecule has 248 valence electrons. The fraction of sp³-hybridized carbons (Fsp3) is 0.0612. The molecule has 0 saturated carbocycles. The van der Waals surface area contributed by atoms with Crippen molar-refractivity contribution in [3.05, 3.63) is 182 Å². The van der Waals surface area contributed by atoms with Crippen molar-refractivity contribution >= 4 is 65.4 Å². The number of aromatic nitrogens is 3. The Morgan fingerprint density at radius 1 is 0.346 bits per heavy atom. The smallest absolute Gasteiger partial charge is 0.0562 e. The van der Waals surface area contributed by atoms with Crippen LogP contribution in [0.15, 0.2) is 182 Å². The molecule has 0 unspecified atom stereocenters. The summed E-state index contributed by atoms with van der Waals surface area (Å²) in [5.41, 5.74) is 12.1. The Balaban J connectivity index is 0.000000516. The molecule has 10 aromatic rings. The summed E-state index contributed by atoms with van der Waals surface area (Å²) in [6.07, 6.45) is 11.0. The summed E-state index contributed by atoms with van der Waals surface area (Å²) in [6.45, 7) is 0. The van der Waals surface area contributed by atoms with Crippen LogP contribution in [0.1, 0.15) is 12.8 Å². The van der Waals surface area contributed by atoms with E-state index in [1.165, 1.54) is 89.4 Å². The molecule has 11 rings (SSSR count). The summed E-state index contributed by atoms with van der Waals surface area (Å²) >= 11 is 0. The number of aryl methyl sites for hydroxylation is 1. The van der Waals surface area contributed by atoms with Gasteiger partial charge in [-0.15, -0.1) is 0 Å². The predicted molar refractivity (Wildman–Crippen MR) is 222 cm³/mol. The molecular formula is C49H37N3. The Bertz CT molecular complexity index is 3010. The fourth-order valence-electron chi connectivity index (χ4n) is 8.27. The second-order valence-corrected chi connectivity index (χ2v) is 13.7. The van der Waals surface area contributed by atoms with Gasteiger partial charge in [0.1, 0.15) is 0 Å². The molecule has 3 nitrogen and oxygen atoms in total. The van der Waals surface area contributed by atoms with Crippen molar-refractivity contribution < 1.29 is 0 Å². The maximum Gasteiger partial charge on any atom is 0.0562 e.